The van der Waals surface area contributed by atoms with Crippen LogP contribution in [-0.2, 0) is 16.1 Å². The Morgan fingerprint density at radius 2 is 1.75 bits per heavy atom. The Hall–Kier alpha value is -2.04. The van der Waals surface area contributed by atoms with Gasteiger partial charge in [-0.05, 0) is 11.5 Å². The lowest BCUT2D eigenvalue weighted by molar-refractivity contribution is -0.121. The minimum Gasteiger partial charge on any atom is -0.445 e. The van der Waals surface area contributed by atoms with Gasteiger partial charge in [0.1, 0.15) is 6.61 Å². The Morgan fingerprint density at radius 1 is 1.10 bits per heavy atom. The maximum absolute atomic E-state index is 11.4. The highest BCUT2D eigenvalue weighted by Gasteiger charge is 2.05. The first-order valence-corrected chi connectivity index (χ1v) is 6.79. The van der Waals surface area contributed by atoms with Crippen molar-refractivity contribution in [3.63, 3.8) is 0 Å². The Kier molecular flexibility index (Phi) is 7.17. The molecule has 0 aliphatic rings. The number of hydrogen-bond donors (Lipinski definition) is 2. The topological polar surface area (TPSA) is 67.4 Å². The molecule has 2 amide bonds. The number of carbonyl (C=O) groups excluding carboxylic acids is 2. The first-order valence-electron chi connectivity index (χ1n) is 6.79. The summed E-state index contributed by atoms with van der Waals surface area (Å²) in [5.41, 5.74) is 0.938. The first-order chi connectivity index (χ1) is 9.58. The molecule has 1 rings (SSSR count). The van der Waals surface area contributed by atoms with Crippen LogP contribution >= 0.6 is 0 Å². The van der Waals surface area contributed by atoms with Crippen LogP contribution in [0.2, 0.25) is 0 Å². The molecule has 0 unspecified atom stereocenters. The molecule has 0 bridgehead atoms. The molecule has 2 N–H and O–H groups in total. The van der Waals surface area contributed by atoms with E-state index in [1.807, 2.05) is 44.2 Å². The van der Waals surface area contributed by atoms with Gasteiger partial charge in [-0.15, -0.1) is 0 Å². The van der Waals surface area contributed by atoms with Gasteiger partial charge in [-0.25, -0.2) is 4.79 Å². The lowest BCUT2D eigenvalue weighted by atomic mass is 10.1. The molecule has 0 radical (unpaired) electrons. The average Bonchev–Trinajstić information content (AvgIpc) is 2.42. The Morgan fingerprint density at radius 3 is 2.40 bits per heavy atom. The summed E-state index contributed by atoms with van der Waals surface area (Å²) in [4.78, 5) is 22.7. The van der Waals surface area contributed by atoms with Crippen LogP contribution in [0.25, 0.3) is 0 Å². The second-order valence-electron chi connectivity index (χ2n) is 4.94. The summed E-state index contributed by atoms with van der Waals surface area (Å²) in [5.74, 6) is 0.332. The molecule has 110 valence electrons. The maximum atomic E-state index is 11.4. The Balaban J connectivity index is 2.07. The zero-order valence-corrected chi connectivity index (χ0v) is 12.0. The minimum absolute atomic E-state index is 0.000507. The summed E-state index contributed by atoms with van der Waals surface area (Å²) in [6.07, 6.45) is 0.0188. The lowest BCUT2D eigenvalue weighted by Gasteiger charge is -2.09. The summed E-state index contributed by atoms with van der Waals surface area (Å²) < 4.78 is 5.04. The van der Waals surface area contributed by atoms with E-state index in [0.717, 1.165) is 5.56 Å². The van der Waals surface area contributed by atoms with Gasteiger partial charge in [-0.3, -0.25) is 4.79 Å². The highest BCUT2D eigenvalue weighted by molar-refractivity contribution is 5.76. The van der Waals surface area contributed by atoms with E-state index in [9.17, 15) is 9.59 Å². The molecule has 1 aromatic rings. The van der Waals surface area contributed by atoms with E-state index in [4.69, 9.17) is 4.74 Å². The van der Waals surface area contributed by atoms with Gasteiger partial charge in [0, 0.05) is 19.5 Å². The van der Waals surface area contributed by atoms with Crippen molar-refractivity contribution in [1.29, 1.82) is 0 Å². The highest BCUT2D eigenvalue weighted by atomic mass is 16.5. The van der Waals surface area contributed by atoms with Crippen LogP contribution in [-0.4, -0.2) is 25.1 Å². The lowest BCUT2D eigenvalue weighted by Crippen LogP contribution is -2.35. The van der Waals surface area contributed by atoms with Crippen molar-refractivity contribution >= 4 is 12.0 Å². The normalized spacial score (nSPS) is 10.2. The van der Waals surface area contributed by atoms with Crippen molar-refractivity contribution < 1.29 is 14.3 Å². The van der Waals surface area contributed by atoms with Gasteiger partial charge < -0.3 is 15.4 Å². The van der Waals surface area contributed by atoms with Crippen LogP contribution in [0.1, 0.15) is 25.8 Å². The van der Waals surface area contributed by atoms with E-state index in [2.05, 4.69) is 10.6 Å². The second-order valence-corrected chi connectivity index (χ2v) is 4.94. The number of nitrogens with one attached hydrogen (secondary N) is 2. The van der Waals surface area contributed by atoms with Gasteiger partial charge >= 0.3 is 6.09 Å². The number of benzene rings is 1. The third-order valence-electron chi connectivity index (χ3n) is 2.52. The van der Waals surface area contributed by atoms with Gasteiger partial charge in [-0.1, -0.05) is 44.2 Å². The fourth-order valence-electron chi connectivity index (χ4n) is 1.58. The summed E-state index contributed by atoms with van der Waals surface area (Å²) >= 11 is 0. The molecule has 0 spiro atoms. The summed E-state index contributed by atoms with van der Waals surface area (Å²) in [6, 6.07) is 9.46. The molecule has 0 aliphatic carbocycles. The number of alkyl carbamates (subject to hydrolysis) is 1. The molecule has 0 fully saturated rings. The number of ether oxygens (including phenoxy) is 1. The third-order valence-corrected chi connectivity index (χ3v) is 2.52. The quantitative estimate of drug-likeness (QED) is 0.750. The molecule has 0 aliphatic heterocycles. The minimum atomic E-state index is -0.480. The predicted octanol–water partition coefficient (Wildman–Crippen LogP) is 2.08. The van der Waals surface area contributed by atoms with Crippen LogP contribution in [0, 0.1) is 5.92 Å². The van der Waals surface area contributed by atoms with Gasteiger partial charge in [0.2, 0.25) is 5.91 Å². The average molecular weight is 278 g/mol. The fourth-order valence-corrected chi connectivity index (χ4v) is 1.58. The fraction of sp³-hybridized carbons (Fsp3) is 0.467. The Labute approximate surface area is 119 Å². The third kappa shape index (κ3) is 7.41. The van der Waals surface area contributed by atoms with E-state index in [1.54, 1.807) is 0 Å². The number of hydrogen-bond acceptors (Lipinski definition) is 3. The van der Waals surface area contributed by atoms with E-state index in [-0.39, 0.29) is 12.5 Å². The van der Waals surface area contributed by atoms with Crippen molar-refractivity contribution in [3.05, 3.63) is 35.9 Å². The molecular weight excluding hydrogens is 256 g/mol. The van der Waals surface area contributed by atoms with E-state index in [0.29, 0.717) is 25.4 Å². The van der Waals surface area contributed by atoms with Crippen LogP contribution in [0.5, 0.6) is 0 Å². The van der Waals surface area contributed by atoms with E-state index >= 15 is 0 Å². The maximum Gasteiger partial charge on any atom is 0.407 e. The van der Waals surface area contributed by atoms with Crippen LogP contribution in [0.3, 0.4) is 0 Å². The summed E-state index contributed by atoms with van der Waals surface area (Å²) in [7, 11) is 0. The van der Waals surface area contributed by atoms with E-state index in [1.165, 1.54) is 0 Å². The SMILES string of the molecule is CC(C)CC(=O)NCCNC(=O)OCc1ccccc1. The van der Waals surface area contributed by atoms with Gasteiger partial charge in [0.15, 0.2) is 0 Å². The van der Waals surface area contributed by atoms with Crippen molar-refractivity contribution in [2.75, 3.05) is 13.1 Å². The van der Waals surface area contributed by atoms with Crippen molar-refractivity contribution in [3.8, 4) is 0 Å². The zero-order valence-electron chi connectivity index (χ0n) is 12.0. The largest absolute Gasteiger partial charge is 0.445 e. The van der Waals surface area contributed by atoms with Gasteiger partial charge in [-0.2, -0.15) is 0 Å². The number of amides is 2. The van der Waals surface area contributed by atoms with Gasteiger partial charge in [0.25, 0.3) is 0 Å². The molecule has 0 heterocycles. The molecule has 5 nitrogen and oxygen atoms in total. The molecule has 0 aromatic heterocycles. The smallest absolute Gasteiger partial charge is 0.407 e. The first kappa shape index (κ1) is 16.0. The predicted molar refractivity (Wildman–Crippen MR) is 77.1 cm³/mol. The molecule has 0 saturated heterocycles. The molecule has 0 saturated carbocycles. The molecule has 5 heteroatoms. The second kappa shape index (κ2) is 8.96. The summed E-state index contributed by atoms with van der Waals surface area (Å²) in [5, 5.41) is 5.32. The molecular formula is C15H22N2O3. The molecule has 1 aromatic carbocycles. The summed E-state index contributed by atoms with van der Waals surface area (Å²) in [6.45, 7) is 4.98. The van der Waals surface area contributed by atoms with Gasteiger partial charge in [0.05, 0.1) is 0 Å². The highest BCUT2D eigenvalue weighted by Crippen LogP contribution is 2.00. The van der Waals surface area contributed by atoms with Crippen LogP contribution in [0.15, 0.2) is 30.3 Å². The van der Waals surface area contributed by atoms with Crippen molar-refractivity contribution in [2.45, 2.75) is 26.9 Å². The Bertz CT molecular complexity index is 418. The number of carbonyl (C=O) groups is 2. The number of rotatable bonds is 7. The van der Waals surface area contributed by atoms with E-state index < -0.39 is 6.09 Å². The van der Waals surface area contributed by atoms with Crippen LogP contribution < -0.4 is 10.6 Å². The monoisotopic (exact) mass is 278 g/mol. The standard InChI is InChI=1S/C15H22N2O3/c1-12(2)10-14(18)16-8-9-17-15(19)20-11-13-6-4-3-5-7-13/h3-7,12H,8-11H2,1-2H3,(H,16,18)(H,17,19). The zero-order chi connectivity index (χ0) is 14.8. The molecule has 20 heavy (non-hydrogen) atoms. The van der Waals surface area contributed by atoms with Crippen molar-refractivity contribution in [2.24, 2.45) is 5.92 Å². The van der Waals surface area contributed by atoms with Crippen molar-refractivity contribution in [1.82, 2.24) is 10.6 Å². The molecule has 0 atom stereocenters. The van der Waals surface area contributed by atoms with Crippen LogP contribution in [0.4, 0.5) is 4.79 Å².